The molecule has 1 aliphatic rings. The molecule has 23 heavy (non-hydrogen) atoms. The van der Waals surface area contributed by atoms with Crippen molar-refractivity contribution < 1.29 is 23.8 Å². The molecule has 0 saturated carbocycles. The van der Waals surface area contributed by atoms with Crippen LogP contribution in [-0.2, 0) is 9.53 Å². The number of hydrogen-bond acceptors (Lipinski definition) is 5. The number of carbonyl (C=O) groups is 2. The number of nitrogens with one attached hydrogen (secondary N) is 1. The van der Waals surface area contributed by atoms with Gasteiger partial charge in [0.1, 0.15) is 18.8 Å². The summed E-state index contributed by atoms with van der Waals surface area (Å²) < 4.78 is 16.5. The minimum Gasteiger partial charge on any atom is -0.486 e. The molecule has 7 heteroatoms. The van der Waals surface area contributed by atoms with Gasteiger partial charge in [0.05, 0.1) is 11.6 Å². The summed E-state index contributed by atoms with van der Waals surface area (Å²) in [5.74, 6) is 0.247. The number of benzene rings is 1. The zero-order valence-corrected chi connectivity index (χ0v) is 15.0. The molecule has 0 spiro atoms. The van der Waals surface area contributed by atoms with Gasteiger partial charge in [0.2, 0.25) is 0 Å². The van der Waals surface area contributed by atoms with E-state index in [1.54, 1.807) is 19.1 Å². The van der Waals surface area contributed by atoms with E-state index in [1.165, 1.54) is 7.11 Å². The van der Waals surface area contributed by atoms with E-state index in [0.29, 0.717) is 41.2 Å². The van der Waals surface area contributed by atoms with E-state index in [9.17, 15) is 9.59 Å². The molecule has 0 aliphatic carbocycles. The molecule has 126 valence electrons. The maximum absolute atomic E-state index is 12.6. The highest BCUT2D eigenvalue weighted by molar-refractivity contribution is 9.10. The highest BCUT2D eigenvalue weighted by Crippen LogP contribution is 2.38. The van der Waals surface area contributed by atoms with Gasteiger partial charge in [0.25, 0.3) is 5.91 Å². The molecule has 0 unspecified atom stereocenters. The van der Waals surface area contributed by atoms with Gasteiger partial charge in [-0.25, -0.2) is 4.79 Å². The lowest BCUT2D eigenvalue weighted by Gasteiger charge is -2.28. The Balaban J connectivity index is 2.26. The fraction of sp³-hybridized carbons (Fsp3) is 0.500. The van der Waals surface area contributed by atoms with Crippen molar-refractivity contribution in [1.29, 1.82) is 0 Å². The van der Waals surface area contributed by atoms with Crippen molar-refractivity contribution >= 4 is 27.8 Å². The molecule has 0 bridgehead atoms. The molecule has 0 radical (unpaired) electrons. The van der Waals surface area contributed by atoms with Gasteiger partial charge < -0.3 is 19.5 Å². The number of esters is 1. The molecule has 0 aromatic heterocycles. The van der Waals surface area contributed by atoms with E-state index in [1.807, 2.05) is 6.92 Å². The van der Waals surface area contributed by atoms with Gasteiger partial charge in [-0.1, -0.05) is 13.3 Å². The SMILES string of the molecule is CCC[C@@](C)(NC(=O)c1cc(Br)c2c(c1)OCCO2)C(=O)OC. The van der Waals surface area contributed by atoms with Gasteiger partial charge >= 0.3 is 5.97 Å². The Morgan fingerprint density at radius 1 is 1.35 bits per heavy atom. The lowest BCUT2D eigenvalue weighted by atomic mass is 9.95. The quantitative estimate of drug-likeness (QED) is 0.788. The maximum Gasteiger partial charge on any atom is 0.331 e. The molecule has 1 heterocycles. The third kappa shape index (κ3) is 3.77. The van der Waals surface area contributed by atoms with Gasteiger partial charge in [0.15, 0.2) is 11.5 Å². The Bertz CT molecular complexity index is 619. The van der Waals surface area contributed by atoms with Crippen LogP contribution in [0.3, 0.4) is 0 Å². The smallest absolute Gasteiger partial charge is 0.331 e. The number of carbonyl (C=O) groups excluding carboxylic acids is 2. The van der Waals surface area contributed by atoms with E-state index in [2.05, 4.69) is 21.2 Å². The Morgan fingerprint density at radius 3 is 2.70 bits per heavy atom. The first kappa shape index (κ1) is 17.6. The van der Waals surface area contributed by atoms with Crippen molar-refractivity contribution in [3.05, 3.63) is 22.2 Å². The minimum atomic E-state index is -1.07. The third-order valence-electron chi connectivity index (χ3n) is 3.63. The molecular weight excluding hydrogens is 366 g/mol. The summed E-state index contributed by atoms with van der Waals surface area (Å²) in [6.45, 7) is 4.50. The summed E-state index contributed by atoms with van der Waals surface area (Å²) >= 11 is 3.38. The molecular formula is C16H20BrNO5. The third-order valence-corrected chi connectivity index (χ3v) is 4.22. The van der Waals surface area contributed by atoms with Crippen LogP contribution in [0, 0.1) is 0 Å². The summed E-state index contributed by atoms with van der Waals surface area (Å²) in [5, 5.41) is 2.76. The van der Waals surface area contributed by atoms with Gasteiger partial charge in [-0.2, -0.15) is 0 Å². The lowest BCUT2D eigenvalue weighted by Crippen LogP contribution is -2.52. The number of fused-ring (bicyclic) bond motifs is 1. The van der Waals surface area contributed by atoms with E-state index in [-0.39, 0.29) is 5.91 Å². The van der Waals surface area contributed by atoms with Crippen molar-refractivity contribution in [2.45, 2.75) is 32.2 Å². The monoisotopic (exact) mass is 385 g/mol. The first-order chi connectivity index (χ1) is 10.9. The molecule has 1 atom stereocenters. The molecule has 1 N–H and O–H groups in total. The largest absolute Gasteiger partial charge is 0.486 e. The number of methoxy groups -OCH3 is 1. The Kier molecular flexibility index (Phi) is 5.51. The average Bonchev–Trinajstić information content (AvgIpc) is 2.54. The molecule has 0 saturated heterocycles. The number of amides is 1. The average molecular weight is 386 g/mol. The van der Waals surface area contributed by atoms with E-state index >= 15 is 0 Å². The van der Waals surface area contributed by atoms with Crippen molar-refractivity contribution in [2.75, 3.05) is 20.3 Å². The summed E-state index contributed by atoms with van der Waals surface area (Å²) in [6.07, 6.45) is 1.22. The van der Waals surface area contributed by atoms with Gasteiger partial charge in [-0.3, -0.25) is 4.79 Å². The van der Waals surface area contributed by atoms with E-state index < -0.39 is 11.5 Å². The first-order valence-electron chi connectivity index (χ1n) is 7.41. The van der Waals surface area contributed by atoms with E-state index in [4.69, 9.17) is 14.2 Å². The topological polar surface area (TPSA) is 73.9 Å². The van der Waals surface area contributed by atoms with Crippen LogP contribution in [0.1, 0.15) is 37.0 Å². The Hall–Kier alpha value is -1.76. The fourth-order valence-corrected chi connectivity index (χ4v) is 3.06. The molecule has 1 amide bonds. The predicted molar refractivity (Wildman–Crippen MR) is 87.9 cm³/mol. The van der Waals surface area contributed by atoms with Gasteiger partial charge in [0, 0.05) is 5.56 Å². The maximum atomic E-state index is 12.6. The van der Waals surface area contributed by atoms with Crippen LogP contribution in [-0.4, -0.2) is 37.7 Å². The summed E-state index contributed by atoms with van der Waals surface area (Å²) in [6, 6.07) is 3.25. The Morgan fingerprint density at radius 2 is 2.04 bits per heavy atom. The second-order valence-corrected chi connectivity index (χ2v) is 6.36. The predicted octanol–water partition coefficient (Wildman–Crippen LogP) is 2.68. The lowest BCUT2D eigenvalue weighted by molar-refractivity contribution is -0.147. The number of ether oxygens (including phenoxy) is 3. The minimum absolute atomic E-state index is 0.371. The van der Waals surface area contributed by atoms with Crippen LogP contribution in [0.4, 0.5) is 0 Å². The zero-order chi connectivity index (χ0) is 17.0. The highest BCUT2D eigenvalue weighted by atomic mass is 79.9. The van der Waals surface area contributed by atoms with Crippen molar-refractivity contribution in [3.8, 4) is 11.5 Å². The van der Waals surface area contributed by atoms with Crippen LogP contribution < -0.4 is 14.8 Å². The molecule has 1 aromatic rings. The van der Waals surface area contributed by atoms with Crippen LogP contribution >= 0.6 is 15.9 Å². The number of halogens is 1. The van der Waals surface area contributed by atoms with Crippen LogP contribution in [0.15, 0.2) is 16.6 Å². The van der Waals surface area contributed by atoms with Crippen LogP contribution in [0.2, 0.25) is 0 Å². The second-order valence-electron chi connectivity index (χ2n) is 5.51. The summed E-state index contributed by atoms with van der Waals surface area (Å²) in [4.78, 5) is 24.6. The molecule has 1 aromatic carbocycles. The Labute approximate surface area is 143 Å². The zero-order valence-electron chi connectivity index (χ0n) is 13.4. The van der Waals surface area contributed by atoms with Crippen molar-refractivity contribution in [3.63, 3.8) is 0 Å². The second kappa shape index (κ2) is 7.21. The summed E-state index contributed by atoms with van der Waals surface area (Å²) in [5.41, 5.74) is -0.687. The first-order valence-corrected chi connectivity index (χ1v) is 8.20. The van der Waals surface area contributed by atoms with Crippen LogP contribution in [0.25, 0.3) is 0 Å². The fourth-order valence-electron chi connectivity index (χ4n) is 2.51. The molecule has 2 rings (SSSR count). The summed E-state index contributed by atoms with van der Waals surface area (Å²) in [7, 11) is 1.31. The molecule has 1 aliphatic heterocycles. The number of rotatable bonds is 5. The number of hydrogen-bond donors (Lipinski definition) is 1. The highest BCUT2D eigenvalue weighted by Gasteiger charge is 2.35. The molecule has 6 nitrogen and oxygen atoms in total. The van der Waals surface area contributed by atoms with Crippen LogP contribution in [0.5, 0.6) is 11.5 Å². The van der Waals surface area contributed by atoms with E-state index in [0.717, 1.165) is 6.42 Å². The molecule has 0 fully saturated rings. The normalized spacial score (nSPS) is 15.5. The standard InChI is InChI=1S/C16H20BrNO5/c1-4-5-16(2,15(20)21-3)18-14(19)10-8-11(17)13-12(9-10)22-6-7-23-13/h8-9H,4-7H2,1-3H3,(H,18,19)/t16-/m1/s1. The van der Waals surface area contributed by atoms with Crippen molar-refractivity contribution in [2.24, 2.45) is 0 Å². The van der Waals surface area contributed by atoms with Gasteiger partial charge in [-0.05, 0) is 41.4 Å². The van der Waals surface area contributed by atoms with Gasteiger partial charge in [-0.15, -0.1) is 0 Å². The van der Waals surface area contributed by atoms with Crippen molar-refractivity contribution in [1.82, 2.24) is 5.32 Å².